The van der Waals surface area contributed by atoms with Crippen LogP contribution in [-0.2, 0) is 6.42 Å². The monoisotopic (exact) mass is 290 g/mol. The highest BCUT2D eigenvalue weighted by atomic mass is 16.3. The third kappa shape index (κ3) is 4.46. The Morgan fingerprint density at radius 3 is 2.86 bits per heavy atom. The summed E-state index contributed by atoms with van der Waals surface area (Å²) in [6, 6.07) is 10.4. The molecule has 2 rings (SSSR count). The van der Waals surface area contributed by atoms with E-state index in [1.165, 1.54) is 5.56 Å². The van der Waals surface area contributed by atoms with Crippen molar-refractivity contribution in [3.05, 3.63) is 35.9 Å². The van der Waals surface area contributed by atoms with E-state index < -0.39 is 0 Å². The van der Waals surface area contributed by atoms with Gasteiger partial charge in [-0.25, -0.2) is 4.79 Å². The van der Waals surface area contributed by atoms with E-state index in [0.717, 1.165) is 38.6 Å². The summed E-state index contributed by atoms with van der Waals surface area (Å²) >= 11 is 0. The Morgan fingerprint density at radius 2 is 2.19 bits per heavy atom. The molecule has 0 aromatic heterocycles. The van der Waals surface area contributed by atoms with Crippen molar-refractivity contribution >= 4 is 6.03 Å². The highest BCUT2D eigenvalue weighted by Crippen LogP contribution is 2.17. The minimum atomic E-state index is -0.0269. The van der Waals surface area contributed by atoms with Gasteiger partial charge in [0.15, 0.2) is 0 Å². The van der Waals surface area contributed by atoms with Crippen molar-refractivity contribution in [1.82, 2.24) is 10.2 Å². The lowest BCUT2D eigenvalue weighted by molar-refractivity contribution is 0.154. The summed E-state index contributed by atoms with van der Waals surface area (Å²) in [5.41, 5.74) is 1.25. The molecule has 1 aliphatic rings. The summed E-state index contributed by atoms with van der Waals surface area (Å²) < 4.78 is 0. The maximum atomic E-state index is 12.4. The zero-order valence-electron chi connectivity index (χ0n) is 12.8. The number of carbonyl (C=O) groups is 1. The lowest BCUT2D eigenvalue weighted by Gasteiger charge is -2.27. The van der Waals surface area contributed by atoms with Gasteiger partial charge in [-0.05, 0) is 31.2 Å². The Kier molecular flexibility index (Phi) is 6.05. The number of likely N-dealkylation sites (tertiary alicyclic amines) is 1. The van der Waals surface area contributed by atoms with E-state index in [9.17, 15) is 9.90 Å². The zero-order chi connectivity index (χ0) is 15.1. The first-order chi connectivity index (χ1) is 10.2. The first-order valence-electron chi connectivity index (χ1n) is 7.96. The van der Waals surface area contributed by atoms with Crippen LogP contribution in [0.1, 0.15) is 38.2 Å². The molecule has 4 nitrogen and oxygen atoms in total. The summed E-state index contributed by atoms with van der Waals surface area (Å²) in [5.74, 6) is 0. The fourth-order valence-corrected chi connectivity index (χ4v) is 3.02. The molecule has 1 fully saturated rings. The van der Waals surface area contributed by atoms with E-state index in [-0.39, 0.29) is 24.7 Å². The summed E-state index contributed by atoms with van der Waals surface area (Å²) in [4.78, 5) is 14.2. The molecule has 21 heavy (non-hydrogen) atoms. The maximum absolute atomic E-state index is 12.4. The molecule has 1 unspecified atom stereocenters. The fourth-order valence-electron chi connectivity index (χ4n) is 3.02. The lowest BCUT2D eigenvalue weighted by Crippen LogP contribution is -2.48. The van der Waals surface area contributed by atoms with Gasteiger partial charge in [-0.1, -0.05) is 43.7 Å². The lowest BCUT2D eigenvalue weighted by atomic mass is 10.0. The predicted octanol–water partition coefficient (Wildman–Crippen LogP) is 2.56. The topological polar surface area (TPSA) is 52.6 Å². The van der Waals surface area contributed by atoms with Crippen molar-refractivity contribution in [2.24, 2.45) is 0 Å². The van der Waals surface area contributed by atoms with E-state index in [0.29, 0.717) is 0 Å². The second-order valence-electron chi connectivity index (χ2n) is 5.80. The van der Waals surface area contributed by atoms with E-state index in [1.54, 1.807) is 4.90 Å². The predicted molar refractivity (Wildman–Crippen MR) is 84.2 cm³/mol. The number of hydrogen-bond acceptors (Lipinski definition) is 2. The number of rotatable bonds is 6. The van der Waals surface area contributed by atoms with Crippen molar-refractivity contribution in [3.63, 3.8) is 0 Å². The summed E-state index contributed by atoms with van der Waals surface area (Å²) in [6.07, 6.45) is 4.76. The van der Waals surface area contributed by atoms with Gasteiger partial charge < -0.3 is 15.3 Å². The van der Waals surface area contributed by atoms with Crippen LogP contribution < -0.4 is 5.32 Å². The molecule has 1 aromatic carbocycles. The van der Waals surface area contributed by atoms with Crippen LogP contribution in [0.2, 0.25) is 0 Å². The minimum Gasteiger partial charge on any atom is -0.394 e. The average molecular weight is 290 g/mol. The van der Waals surface area contributed by atoms with Crippen molar-refractivity contribution in [2.75, 3.05) is 13.2 Å². The van der Waals surface area contributed by atoms with E-state index >= 15 is 0 Å². The minimum absolute atomic E-state index is 0.0102. The number of hydrogen-bond donors (Lipinski definition) is 2. The Hall–Kier alpha value is -1.55. The van der Waals surface area contributed by atoms with Gasteiger partial charge in [0.05, 0.1) is 12.6 Å². The van der Waals surface area contributed by atoms with E-state index in [4.69, 9.17) is 0 Å². The highest BCUT2D eigenvalue weighted by Gasteiger charge is 2.29. The fraction of sp³-hybridized carbons (Fsp3) is 0.588. The molecule has 0 aliphatic carbocycles. The van der Waals surface area contributed by atoms with Crippen LogP contribution in [0.25, 0.3) is 0 Å². The highest BCUT2D eigenvalue weighted by molar-refractivity contribution is 5.75. The van der Waals surface area contributed by atoms with Gasteiger partial charge in [0, 0.05) is 12.6 Å². The van der Waals surface area contributed by atoms with Crippen LogP contribution in [0.4, 0.5) is 4.79 Å². The first-order valence-corrected chi connectivity index (χ1v) is 7.96. The Bertz CT molecular complexity index is 436. The second kappa shape index (κ2) is 8.03. The molecule has 2 amide bonds. The van der Waals surface area contributed by atoms with Gasteiger partial charge >= 0.3 is 6.03 Å². The number of aliphatic hydroxyl groups is 1. The van der Waals surface area contributed by atoms with Gasteiger partial charge in [-0.15, -0.1) is 0 Å². The molecule has 0 spiro atoms. The van der Waals surface area contributed by atoms with E-state index in [2.05, 4.69) is 24.4 Å². The van der Waals surface area contributed by atoms with Gasteiger partial charge in [0.1, 0.15) is 0 Å². The van der Waals surface area contributed by atoms with Crippen LogP contribution in [0.5, 0.6) is 0 Å². The number of amides is 2. The number of aliphatic hydroxyl groups excluding tert-OH is 1. The molecular formula is C17H26N2O2. The molecule has 0 saturated carbocycles. The Labute approximate surface area is 127 Å². The summed E-state index contributed by atoms with van der Waals surface area (Å²) in [7, 11) is 0. The maximum Gasteiger partial charge on any atom is 0.317 e. The molecule has 1 saturated heterocycles. The normalized spacial score (nSPS) is 19.5. The van der Waals surface area contributed by atoms with E-state index in [1.807, 2.05) is 18.2 Å². The standard InChI is InChI=1S/C17H26N2O2/c1-2-7-15(12-14-8-4-3-5-9-14)18-17(21)19-11-6-10-16(19)13-20/h3-5,8-9,15-16,20H,2,6-7,10-13H2,1H3,(H,18,21)/t15?,16-/m0/s1. The SMILES string of the molecule is CCCC(Cc1ccccc1)NC(=O)N1CCC[C@H]1CO. The molecule has 1 aliphatic heterocycles. The van der Waals surface area contributed by atoms with Gasteiger partial charge in [-0.2, -0.15) is 0 Å². The number of urea groups is 1. The van der Waals surface area contributed by atoms with Crippen LogP contribution in [-0.4, -0.2) is 41.3 Å². The molecule has 2 atom stereocenters. The van der Waals surface area contributed by atoms with Gasteiger partial charge in [-0.3, -0.25) is 0 Å². The third-order valence-corrected chi connectivity index (χ3v) is 4.14. The van der Waals surface area contributed by atoms with Crippen molar-refractivity contribution in [3.8, 4) is 0 Å². The molecule has 1 aromatic rings. The third-order valence-electron chi connectivity index (χ3n) is 4.14. The molecule has 0 bridgehead atoms. The molecule has 1 heterocycles. The summed E-state index contributed by atoms with van der Waals surface area (Å²) in [6.45, 7) is 2.95. The molecule has 2 N–H and O–H groups in total. The van der Waals surface area contributed by atoms with Gasteiger partial charge in [0.25, 0.3) is 0 Å². The molecular weight excluding hydrogens is 264 g/mol. The molecule has 4 heteroatoms. The average Bonchev–Trinajstić information content (AvgIpc) is 2.97. The Morgan fingerprint density at radius 1 is 1.43 bits per heavy atom. The first kappa shape index (κ1) is 15.8. The zero-order valence-corrected chi connectivity index (χ0v) is 12.8. The largest absolute Gasteiger partial charge is 0.394 e. The number of nitrogens with zero attached hydrogens (tertiary/aromatic N) is 1. The van der Waals surface area contributed by atoms with Crippen LogP contribution in [0, 0.1) is 0 Å². The van der Waals surface area contributed by atoms with Crippen LogP contribution in [0.3, 0.4) is 0 Å². The summed E-state index contributed by atoms with van der Waals surface area (Å²) in [5, 5.41) is 12.5. The van der Waals surface area contributed by atoms with Crippen LogP contribution in [0.15, 0.2) is 30.3 Å². The van der Waals surface area contributed by atoms with Crippen molar-refractivity contribution < 1.29 is 9.90 Å². The van der Waals surface area contributed by atoms with Crippen molar-refractivity contribution in [1.29, 1.82) is 0 Å². The Balaban J connectivity index is 1.94. The number of nitrogens with one attached hydrogen (secondary N) is 1. The molecule has 0 radical (unpaired) electrons. The smallest absolute Gasteiger partial charge is 0.317 e. The second-order valence-corrected chi connectivity index (χ2v) is 5.80. The van der Waals surface area contributed by atoms with Crippen molar-refractivity contribution in [2.45, 2.75) is 51.1 Å². The number of benzene rings is 1. The van der Waals surface area contributed by atoms with Gasteiger partial charge in [0.2, 0.25) is 0 Å². The number of carbonyl (C=O) groups excluding carboxylic acids is 1. The van der Waals surface area contributed by atoms with Crippen LogP contribution >= 0.6 is 0 Å². The quantitative estimate of drug-likeness (QED) is 0.846. The molecule has 116 valence electrons.